The van der Waals surface area contributed by atoms with Gasteiger partial charge >= 0.3 is 0 Å². The molecular weight excluding hydrogens is 418 g/mol. The van der Waals surface area contributed by atoms with Crippen LogP contribution in [0.1, 0.15) is 35.7 Å². The Kier molecular flexibility index (Phi) is 6.32. The van der Waals surface area contributed by atoms with Crippen molar-refractivity contribution < 1.29 is 13.2 Å². The molecule has 1 aliphatic heterocycles. The molecule has 6 nitrogen and oxygen atoms in total. The number of halogens is 1. The second kappa shape index (κ2) is 8.55. The van der Waals surface area contributed by atoms with E-state index in [2.05, 4.69) is 15.0 Å². The van der Waals surface area contributed by atoms with Crippen LogP contribution in [-0.2, 0) is 10.0 Å². The molecule has 9 heteroatoms. The molecule has 3 rings (SSSR count). The van der Waals surface area contributed by atoms with E-state index in [0.717, 1.165) is 18.4 Å². The Hall–Kier alpha value is -2.03. The van der Waals surface area contributed by atoms with E-state index in [1.54, 1.807) is 12.1 Å². The number of carbonyl (C=O) groups is 1. The Labute approximate surface area is 173 Å². The lowest BCUT2D eigenvalue weighted by Crippen LogP contribution is -2.33. The molecule has 0 bridgehead atoms. The molecule has 28 heavy (non-hydrogen) atoms. The number of benzene rings is 2. The standard InChI is InChI=1S/C19H20ClN3O3S2/c1-3-4-9-21-19-23-28(25,26)17-10-14(15(20)11-16(17)27-19)18(24)22-13-7-5-12(2)6-8-13/h5-8,10-11H,3-4,9H2,1-2H3,(H,21,23)(H,22,24). The summed E-state index contributed by atoms with van der Waals surface area (Å²) in [5.74, 6) is -0.473. The summed E-state index contributed by atoms with van der Waals surface area (Å²) in [6.07, 6.45) is 1.84. The van der Waals surface area contributed by atoms with Gasteiger partial charge in [0.2, 0.25) is 0 Å². The smallest absolute Gasteiger partial charge is 0.264 e. The molecule has 2 aromatic rings. The van der Waals surface area contributed by atoms with Gasteiger partial charge in [0, 0.05) is 17.1 Å². The maximum atomic E-state index is 12.6. The van der Waals surface area contributed by atoms with Crippen LogP contribution in [0.5, 0.6) is 0 Å². The predicted molar refractivity (Wildman–Crippen MR) is 114 cm³/mol. The minimum absolute atomic E-state index is 0.0189. The van der Waals surface area contributed by atoms with Crippen molar-refractivity contribution in [1.82, 2.24) is 4.72 Å². The van der Waals surface area contributed by atoms with E-state index in [1.807, 2.05) is 26.0 Å². The monoisotopic (exact) mass is 437 g/mol. The van der Waals surface area contributed by atoms with Gasteiger partial charge in [-0.1, -0.05) is 54.4 Å². The van der Waals surface area contributed by atoms with Crippen LogP contribution in [-0.4, -0.2) is 26.0 Å². The number of carbonyl (C=O) groups excluding carboxylic acids is 1. The van der Waals surface area contributed by atoms with Gasteiger partial charge in [-0.25, -0.2) is 8.42 Å². The van der Waals surface area contributed by atoms with Crippen molar-refractivity contribution in [2.75, 3.05) is 11.9 Å². The SMILES string of the molecule is CCCCN=C1NS(=O)(=O)c2cc(C(=O)Nc3ccc(C)cc3)c(Cl)cc2S1. The lowest BCUT2D eigenvalue weighted by molar-refractivity contribution is 0.102. The third-order valence-electron chi connectivity index (χ3n) is 4.07. The molecule has 1 heterocycles. The summed E-state index contributed by atoms with van der Waals surface area (Å²) in [6.45, 7) is 4.53. The number of aryl methyl sites for hydroxylation is 1. The fraction of sp³-hybridized carbons (Fsp3) is 0.263. The van der Waals surface area contributed by atoms with E-state index in [1.165, 1.54) is 23.9 Å². The van der Waals surface area contributed by atoms with Gasteiger partial charge in [-0.2, -0.15) is 0 Å². The average molecular weight is 438 g/mol. The zero-order chi connectivity index (χ0) is 20.3. The number of fused-ring (bicyclic) bond motifs is 1. The third-order valence-corrected chi connectivity index (χ3v) is 7.00. The first-order valence-electron chi connectivity index (χ1n) is 8.77. The van der Waals surface area contributed by atoms with Crippen molar-refractivity contribution in [2.45, 2.75) is 36.5 Å². The molecule has 1 amide bonds. The number of hydrogen-bond acceptors (Lipinski definition) is 5. The Morgan fingerprint density at radius 1 is 1.25 bits per heavy atom. The van der Waals surface area contributed by atoms with Gasteiger partial charge < -0.3 is 5.32 Å². The van der Waals surface area contributed by atoms with Crippen LogP contribution in [0.4, 0.5) is 5.69 Å². The molecule has 0 fully saturated rings. The van der Waals surface area contributed by atoms with E-state index >= 15 is 0 Å². The molecule has 2 aromatic carbocycles. The number of rotatable bonds is 5. The molecule has 0 atom stereocenters. The van der Waals surface area contributed by atoms with Gasteiger partial charge in [0.15, 0.2) is 5.17 Å². The summed E-state index contributed by atoms with van der Waals surface area (Å²) in [6, 6.07) is 10.1. The largest absolute Gasteiger partial charge is 0.322 e. The summed E-state index contributed by atoms with van der Waals surface area (Å²) in [5.41, 5.74) is 1.76. The number of nitrogens with zero attached hydrogens (tertiary/aromatic N) is 1. The molecule has 0 spiro atoms. The maximum absolute atomic E-state index is 12.6. The highest BCUT2D eigenvalue weighted by Gasteiger charge is 2.30. The summed E-state index contributed by atoms with van der Waals surface area (Å²) in [5, 5.41) is 3.23. The Morgan fingerprint density at radius 3 is 2.64 bits per heavy atom. The lowest BCUT2D eigenvalue weighted by Gasteiger charge is -2.20. The Morgan fingerprint density at radius 2 is 1.96 bits per heavy atom. The zero-order valence-corrected chi connectivity index (χ0v) is 17.8. The minimum atomic E-state index is -3.82. The van der Waals surface area contributed by atoms with Crippen molar-refractivity contribution in [1.29, 1.82) is 0 Å². The van der Waals surface area contributed by atoms with Crippen molar-refractivity contribution >= 4 is 50.1 Å². The topological polar surface area (TPSA) is 87.6 Å². The van der Waals surface area contributed by atoms with Crippen LogP contribution in [0.2, 0.25) is 5.02 Å². The van der Waals surface area contributed by atoms with Crippen LogP contribution in [0.15, 0.2) is 51.2 Å². The van der Waals surface area contributed by atoms with E-state index in [9.17, 15) is 13.2 Å². The predicted octanol–water partition coefficient (Wildman–Crippen LogP) is 4.44. The van der Waals surface area contributed by atoms with Crippen molar-refractivity contribution in [2.24, 2.45) is 4.99 Å². The Bertz CT molecular complexity index is 1040. The number of aliphatic imine (C=N–C) groups is 1. The first-order chi connectivity index (χ1) is 13.3. The average Bonchev–Trinajstić information content (AvgIpc) is 2.62. The number of nitrogens with one attached hydrogen (secondary N) is 2. The second-order valence-corrected chi connectivity index (χ2v) is 9.44. The van der Waals surface area contributed by atoms with Crippen LogP contribution >= 0.6 is 23.4 Å². The van der Waals surface area contributed by atoms with Crippen LogP contribution < -0.4 is 10.0 Å². The van der Waals surface area contributed by atoms with Gasteiger partial charge in [0.05, 0.1) is 10.6 Å². The fourth-order valence-corrected chi connectivity index (χ4v) is 5.50. The maximum Gasteiger partial charge on any atom is 0.264 e. The third kappa shape index (κ3) is 4.68. The number of amidine groups is 1. The quantitative estimate of drug-likeness (QED) is 0.677. The molecule has 0 aliphatic carbocycles. The summed E-state index contributed by atoms with van der Waals surface area (Å²) < 4.78 is 27.7. The van der Waals surface area contributed by atoms with Crippen LogP contribution in [0.3, 0.4) is 0 Å². The first kappa shape index (κ1) is 20.7. The molecular formula is C19H20ClN3O3S2. The Balaban J connectivity index is 1.90. The van der Waals surface area contributed by atoms with Gasteiger partial charge in [0.25, 0.3) is 15.9 Å². The van der Waals surface area contributed by atoms with Crippen molar-refractivity contribution in [3.8, 4) is 0 Å². The van der Waals surface area contributed by atoms with Gasteiger partial charge in [-0.05, 0) is 37.6 Å². The number of sulfonamides is 1. The highest BCUT2D eigenvalue weighted by atomic mass is 35.5. The number of amides is 1. The highest BCUT2D eigenvalue weighted by Crippen LogP contribution is 2.36. The summed E-state index contributed by atoms with van der Waals surface area (Å²) in [4.78, 5) is 17.4. The van der Waals surface area contributed by atoms with Crippen LogP contribution in [0.25, 0.3) is 0 Å². The molecule has 1 aliphatic rings. The minimum Gasteiger partial charge on any atom is -0.322 e. The van der Waals surface area contributed by atoms with Gasteiger partial charge in [-0.3, -0.25) is 14.5 Å². The molecule has 0 radical (unpaired) electrons. The summed E-state index contributed by atoms with van der Waals surface area (Å²) >= 11 is 7.48. The van der Waals surface area contributed by atoms with Crippen LogP contribution in [0, 0.1) is 6.92 Å². The van der Waals surface area contributed by atoms with E-state index in [4.69, 9.17) is 11.6 Å². The molecule has 0 saturated heterocycles. The molecule has 0 unspecified atom stereocenters. The molecule has 0 aromatic heterocycles. The molecule has 0 saturated carbocycles. The lowest BCUT2D eigenvalue weighted by atomic mass is 10.2. The molecule has 2 N–H and O–H groups in total. The second-order valence-electron chi connectivity index (χ2n) is 6.35. The van der Waals surface area contributed by atoms with Gasteiger partial charge in [-0.15, -0.1) is 0 Å². The van der Waals surface area contributed by atoms with E-state index < -0.39 is 15.9 Å². The van der Waals surface area contributed by atoms with E-state index in [-0.39, 0.29) is 15.5 Å². The number of anilines is 1. The van der Waals surface area contributed by atoms with Gasteiger partial charge in [0.1, 0.15) is 4.90 Å². The number of unbranched alkanes of at least 4 members (excludes halogenated alkanes) is 1. The zero-order valence-electron chi connectivity index (χ0n) is 15.5. The molecule has 148 valence electrons. The number of thioether (sulfide) groups is 1. The van der Waals surface area contributed by atoms with Crippen molar-refractivity contribution in [3.05, 3.63) is 52.5 Å². The highest BCUT2D eigenvalue weighted by molar-refractivity contribution is 8.16. The van der Waals surface area contributed by atoms with E-state index in [0.29, 0.717) is 22.3 Å². The summed E-state index contributed by atoms with van der Waals surface area (Å²) in [7, 11) is -3.82. The van der Waals surface area contributed by atoms with Crippen molar-refractivity contribution in [3.63, 3.8) is 0 Å². The fourth-order valence-electron chi connectivity index (χ4n) is 2.53. The number of hydrogen-bond donors (Lipinski definition) is 2. The first-order valence-corrected chi connectivity index (χ1v) is 11.4. The normalized spacial score (nSPS) is 16.3.